The molecule has 1 aliphatic heterocycles. The van der Waals surface area contributed by atoms with Crippen molar-refractivity contribution in [2.75, 3.05) is 12.4 Å². The fraction of sp³-hybridized carbons (Fsp3) is 0.353. The molecule has 2 aromatic heterocycles. The van der Waals surface area contributed by atoms with Gasteiger partial charge in [-0.15, -0.1) is 0 Å². The minimum Gasteiger partial charge on any atom is -0.386 e. The molecule has 4 atom stereocenters. The number of imidazole rings is 1. The van der Waals surface area contributed by atoms with Crippen LogP contribution in [-0.4, -0.2) is 72.5 Å². The average Bonchev–Trinajstić information content (AvgIpc) is 3.28. The summed E-state index contributed by atoms with van der Waals surface area (Å²) < 4.78 is 52.2. The summed E-state index contributed by atoms with van der Waals surface area (Å²) in [5, 5.41) is 23.7. The highest BCUT2D eigenvalue weighted by atomic mass is 32.2. The molecule has 0 amide bonds. The minimum absolute atomic E-state index is 0.253. The molecule has 3 aromatic rings. The van der Waals surface area contributed by atoms with Gasteiger partial charge < -0.3 is 20.3 Å². The first-order valence-electron chi connectivity index (χ1n) is 9.04. The van der Waals surface area contributed by atoms with Gasteiger partial charge in [-0.1, -0.05) is 12.1 Å². The average molecular weight is 454 g/mol. The second-order valence-electron chi connectivity index (χ2n) is 6.92. The van der Waals surface area contributed by atoms with E-state index in [1.807, 2.05) is 0 Å². The van der Waals surface area contributed by atoms with Crippen molar-refractivity contribution in [2.45, 2.75) is 31.2 Å². The predicted octanol–water partition coefficient (Wildman–Crippen LogP) is -0.111. The summed E-state index contributed by atoms with van der Waals surface area (Å²) in [5.41, 5.74) is 1.39. The number of anilines is 1. The Morgan fingerprint density at radius 2 is 1.90 bits per heavy atom. The van der Waals surface area contributed by atoms with Gasteiger partial charge in [0.05, 0.1) is 6.33 Å². The summed E-state index contributed by atoms with van der Waals surface area (Å²) in [5.74, 6) is 0.0230. The van der Waals surface area contributed by atoms with Crippen LogP contribution in [0.1, 0.15) is 11.8 Å². The van der Waals surface area contributed by atoms with Crippen LogP contribution in [0.2, 0.25) is 0 Å². The highest BCUT2D eigenvalue weighted by Gasteiger charge is 2.48. The highest BCUT2D eigenvalue weighted by Crippen LogP contribution is 2.33. The van der Waals surface area contributed by atoms with Crippen molar-refractivity contribution in [1.29, 1.82) is 0 Å². The summed E-state index contributed by atoms with van der Waals surface area (Å²) in [6.45, 7) is 0.335. The number of nitrogens with one attached hydrogen (secondary N) is 1. The van der Waals surface area contributed by atoms with Gasteiger partial charge in [-0.05, 0) is 17.7 Å². The van der Waals surface area contributed by atoms with Crippen LogP contribution in [0.3, 0.4) is 0 Å². The molecule has 0 saturated carbocycles. The number of benzene rings is 1. The molecule has 1 saturated heterocycles. The zero-order valence-corrected chi connectivity index (χ0v) is 16.9. The summed E-state index contributed by atoms with van der Waals surface area (Å²) in [4.78, 5) is 12.5. The van der Waals surface area contributed by atoms with Crippen molar-refractivity contribution < 1.29 is 32.3 Å². The Balaban J connectivity index is 1.59. The van der Waals surface area contributed by atoms with Gasteiger partial charge in [0.2, 0.25) is 0 Å². The molecular weight excluding hydrogens is 435 g/mol. The van der Waals surface area contributed by atoms with E-state index in [4.69, 9.17) is 4.74 Å². The first-order valence-corrected chi connectivity index (χ1v) is 10.4. The van der Waals surface area contributed by atoms with Crippen molar-refractivity contribution in [3.05, 3.63) is 48.3 Å². The molecule has 0 spiro atoms. The lowest BCUT2D eigenvalue weighted by Crippen LogP contribution is -2.44. The van der Waals surface area contributed by atoms with Gasteiger partial charge in [-0.2, -0.15) is 12.7 Å². The molecule has 31 heavy (non-hydrogen) atoms. The maximum absolute atomic E-state index is 13.1. The number of nitrogens with zero attached hydrogens (tertiary/aromatic N) is 5. The number of hydrogen-bond acceptors (Lipinski definition) is 9. The molecule has 3 heterocycles. The van der Waals surface area contributed by atoms with Gasteiger partial charge in [0.15, 0.2) is 29.4 Å². The molecule has 14 heteroatoms. The van der Waals surface area contributed by atoms with Crippen molar-refractivity contribution >= 4 is 27.3 Å². The van der Waals surface area contributed by atoms with Crippen molar-refractivity contribution in [3.8, 4) is 0 Å². The quantitative estimate of drug-likeness (QED) is 0.370. The molecule has 0 bridgehead atoms. The second-order valence-corrected chi connectivity index (χ2v) is 8.39. The SMILES string of the molecule is CN([C@@H]1O[C@@H](n2cnc3c(NCc4ccc(F)cc4)ncnc32)[C@H](O)[C@@H]1O)S(=O)(=O)O. The zero-order chi connectivity index (χ0) is 22.3. The molecular formula is C17H19FN6O6S. The Hall–Kier alpha value is -2.75. The highest BCUT2D eigenvalue weighted by molar-refractivity contribution is 7.83. The molecule has 1 aromatic carbocycles. The molecule has 0 radical (unpaired) electrons. The lowest BCUT2D eigenvalue weighted by atomic mass is 10.2. The summed E-state index contributed by atoms with van der Waals surface area (Å²) in [6, 6.07) is 5.92. The van der Waals surface area contributed by atoms with Crippen LogP contribution < -0.4 is 5.32 Å². The van der Waals surface area contributed by atoms with Crippen LogP contribution in [-0.2, 0) is 21.6 Å². The number of rotatable bonds is 6. The Morgan fingerprint density at radius 1 is 1.19 bits per heavy atom. The molecule has 0 aliphatic carbocycles. The maximum atomic E-state index is 13.1. The predicted molar refractivity (Wildman–Crippen MR) is 104 cm³/mol. The van der Waals surface area contributed by atoms with E-state index < -0.39 is 35.0 Å². The molecule has 166 valence electrons. The van der Waals surface area contributed by atoms with Crippen LogP contribution in [0.5, 0.6) is 0 Å². The topological polar surface area (TPSA) is 163 Å². The van der Waals surface area contributed by atoms with Gasteiger partial charge in [-0.25, -0.2) is 19.3 Å². The van der Waals surface area contributed by atoms with E-state index >= 15 is 0 Å². The third kappa shape index (κ3) is 4.08. The van der Waals surface area contributed by atoms with E-state index in [0.717, 1.165) is 12.6 Å². The number of likely N-dealkylation sites (N-methyl/N-ethyl adjacent to an activating group) is 1. The minimum atomic E-state index is -4.67. The molecule has 0 unspecified atom stereocenters. The van der Waals surface area contributed by atoms with Crippen molar-refractivity contribution in [2.24, 2.45) is 0 Å². The van der Waals surface area contributed by atoms with E-state index in [9.17, 15) is 27.6 Å². The number of halogens is 1. The first-order chi connectivity index (χ1) is 14.7. The molecule has 1 fully saturated rings. The van der Waals surface area contributed by atoms with Crippen molar-refractivity contribution in [3.63, 3.8) is 0 Å². The van der Waals surface area contributed by atoms with Crippen LogP contribution in [0, 0.1) is 5.82 Å². The van der Waals surface area contributed by atoms with Crippen LogP contribution in [0.4, 0.5) is 10.2 Å². The smallest absolute Gasteiger partial charge is 0.337 e. The standard InChI is InChI=1S/C17H19FN6O6S/c1-23(31(27,28)29)16-12(25)13(26)17(30-16)24-8-22-11-14(20-7-21-15(11)24)19-6-9-2-4-10(18)5-3-9/h2-5,7-8,12-13,16-17,25-26H,6H2,1H3,(H,19,20,21)(H,27,28,29)/t12-,13+,16+,17+/m0/s1. The second kappa shape index (κ2) is 8.07. The van der Waals surface area contributed by atoms with Crippen LogP contribution >= 0.6 is 0 Å². The Morgan fingerprint density at radius 3 is 2.58 bits per heavy atom. The zero-order valence-electron chi connectivity index (χ0n) is 16.1. The third-order valence-electron chi connectivity index (χ3n) is 4.94. The fourth-order valence-electron chi connectivity index (χ4n) is 3.26. The van der Waals surface area contributed by atoms with E-state index in [2.05, 4.69) is 20.3 Å². The Labute approximate surface area is 175 Å². The lowest BCUT2D eigenvalue weighted by molar-refractivity contribution is -0.0723. The molecule has 4 rings (SSSR count). The largest absolute Gasteiger partial charge is 0.386 e. The van der Waals surface area contributed by atoms with Gasteiger partial charge in [0.1, 0.15) is 24.4 Å². The number of aliphatic hydroxyl groups excluding tert-OH is 2. The number of aliphatic hydroxyl groups is 2. The van der Waals surface area contributed by atoms with Crippen LogP contribution in [0.15, 0.2) is 36.9 Å². The van der Waals surface area contributed by atoms with Crippen molar-refractivity contribution in [1.82, 2.24) is 23.8 Å². The monoisotopic (exact) mass is 454 g/mol. The van der Waals surface area contributed by atoms with E-state index in [-0.39, 0.29) is 11.5 Å². The summed E-state index contributed by atoms with van der Waals surface area (Å²) >= 11 is 0. The molecule has 1 aliphatic rings. The number of hydrogen-bond donors (Lipinski definition) is 4. The Kier molecular flexibility index (Phi) is 5.59. The van der Waals surface area contributed by atoms with Gasteiger partial charge in [-0.3, -0.25) is 9.12 Å². The molecule has 12 nitrogen and oxygen atoms in total. The fourth-order valence-corrected chi connectivity index (χ4v) is 3.70. The van der Waals surface area contributed by atoms with Gasteiger partial charge >= 0.3 is 10.3 Å². The van der Waals surface area contributed by atoms with E-state index in [0.29, 0.717) is 22.2 Å². The lowest BCUT2D eigenvalue weighted by Gasteiger charge is -2.22. The van der Waals surface area contributed by atoms with Crippen LogP contribution in [0.25, 0.3) is 11.2 Å². The molecule has 4 N–H and O–H groups in total. The van der Waals surface area contributed by atoms with Gasteiger partial charge in [0, 0.05) is 13.6 Å². The number of ether oxygens (including phenoxy) is 1. The summed E-state index contributed by atoms with van der Waals surface area (Å²) in [7, 11) is -3.66. The number of aromatic nitrogens is 4. The first kappa shape index (κ1) is 21.5. The number of fused-ring (bicyclic) bond motifs is 1. The Bertz CT molecular complexity index is 1190. The summed E-state index contributed by atoms with van der Waals surface area (Å²) in [6.07, 6.45) is -3.35. The van der Waals surface area contributed by atoms with E-state index in [1.54, 1.807) is 12.1 Å². The van der Waals surface area contributed by atoms with E-state index in [1.165, 1.54) is 29.4 Å². The third-order valence-corrected chi connectivity index (χ3v) is 5.88. The van der Waals surface area contributed by atoms with Gasteiger partial charge in [0.25, 0.3) is 0 Å². The normalized spacial score (nSPS) is 24.2. The maximum Gasteiger partial charge on any atom is 0.337 e.